The minimum atomic E-state index is -0.666. The number of pyridine rings is 1. The molecule has 1 aliphatic rings. The Hall–Kier alpha value is -3.07. The highest BCUT2D eigenvalue weighted by molar-refractivity contribution is 5.67. The lowest BCUT2D eigenvalue weighted by Gasteiger charge is -2.22. The van der Waals surface area contributed by atoms with Crippen LogP contribution in [0.25, 0.3) is 16.7 Å². The molecule has 4 rings (SSSR count). The number of nitrogens with zero attached hydrogens (tertiary/aromatic N) is 1. The number of unbranched alkanes of at least 4 members (excludes halogenated alkanes) is 3. The van der Waals surface area contributed by atoms with Gasteiger partial charge in [-0.2, -0.15) is 0 Å². The van der Waals surface area contributed by atoms with Gasteiger partial charge >= 0.3 is 0 Å². The van der Waals surface area contributed by atoms with Crippen LogP contribution in [0, 0.1) is 17.6 Å². The lowest BCUT2D eigenvalue weighted by Crippen LogP contribution is -2.09. The molecule has 1 atom stereocenters. The van der Waals surface area contributed by atoms with Crippen molar-refractivity contribution in [2.45, 2.75) is 90.9 Å². The van der Waals surface area contributed by atoms with E-state index in [1.807, 2.05) is 6.20 Å². The summed E-state index contributed by atoms with van der Waals surface area (Å²) in [4.78, 5) is 4.73. The van der Waals surface area contributed by atoms with Gasteiger partial charge in [0, 0.05) is 23.0 Å². The number of benzene rings is 2. The predicted molar refractivity (Wildman–Crippen MR) is 161 cm³/mol. The van der Waals surface area contributed by atoms with Crippen molar-refractivity contribution in [1.82, 2.24) is 4.98 Å². The quantitative estimate of drug-likeness (QED) is 0.159. The highest BCUT2D eigenvalue weighted by atomic mass is 19.2. The number of allylic oxidation sites excluding steroid dienone is 4. The molecule has 0 fully saturated rings. The van der Waals surface area contributed by atoms with Crippen molar-refractivity contribution >= 4 is 5.57 Å². The van der Waals surface area contributed by atoms with Gasteiger partial charge in [0.2, 0.25) is 0 Å². The second-order valence-corrected chi connectivity index (χ2v) is 11.0. The third-order valence-electron chi connectivity index (χ3n) is 8.08. The van der Waals surface area contributed by atoms with Crippen LogP contribution in [-0.4, -0.2) is 4.98 Å². The maximum absolute atomic E-state index is 14.9. The van der Waals surface area contributed by atoms with Crippen molar-refractivity contribution in [3.8, 4) is 11.1 Å². The third kappa shape index (κ3) is 8.21. The van der Waals surface area contributed by atoms with E-state index in [0.717, 1.165) is 87.5 Å². The topological polar surface area (TPSA) is 12.9 Å². The molecule has 0 amide bonds. The predicted octanol–water partition coefficient (Wildman–Crippen LogP) is 10.5. The third-order valence-corrected chi connectivity index (χ3v) is 8.08. The summed E-state index contributed by atoms with van der Waals surface area (Å²) in [5, 5.41) is 0. The fourth-order valence-electron chi connectivity index (χ4n) is 5.54. The molecular formula is C36H43F2N. The highest BCUT2D eigenvalue weighted by Gasteiger charge is 2.20. The lowest BCUT2D eigenvalue weighted by molar-refractivity contribution is 0.446. The normalized spacial score (nSPS) is 15.6. The standard InChI is InChI=1S/C36H43F2N/c1-3-5-7-9-11-31-22-25-34(36(38)35(31)37)30-19-14-28(15-20-30)16-23-33-24-21-32(26-39-33)29-17-12-27(13-18-29)10-8-6-4-2/h4,6,12-13,17-19,21-22,24-26,28H,3,5,7-11,14-16,20,23H2,1-2H3. The van der Waals surface area contributed by atoms with Crippen molar-refractivity contribution in [2.75, 3.05) is 0 Å². The summed E-state index contributed by atoms with van der Waals surface area (Å²) in [5.41, 5.74) is 6.72. The first kappa shape index (κ1) is 28.9. The molecule has 0 N–H and O–H groups in total. The van der Waals surface area contributed by atoms with Crippen LogP contribution in [0.2, 0.25) is 0 Å². The zero-order valence-electron chi connectivity index (χ0n) is 23.7. The van der Waals surface area contributed by atoms with Gasteiger partial charge < -0.3 is 0 Å². The smallest absolute Gasteiger partial charge is 0.166 e. The van der Waals surface area contributed by atoms with E-state index in [4.69, 9.17) is 4.98 Å². The Morgan fingerprint density at radius 2 is 1.69 bits per heavy atom. The molecule has 3 heteroatoms. The average Bonchev–Trinajstić information content (AvgIpc) is 2.97. The first-order valence-corrected chi connectivity index (χ1v) is 14.9. The first-order valence-electron chi connectivity index (χ1n) is 14.9. The van der Waals surface area contributed by atoms with Crippen LogP contribution in [0.4, 0.5) is 8.78 Å². The zero-order chi connectivity index (χ0) is 27.5. The Kier molecular flexibility index (Phi) is 11.1. The van der Waals surface area contributed by atoms with Crippen LogP contribution in [0.15, 0.2) is 73.0 Å². The molecule has 0 aliphatic heterocycles. The Morgan fingerprint density at radius 3 is 2.38 bits per heavy atom. The minimum absolute atomic E-state index is 0.450. The molecule has 206 valence electrons. The SMILES string of the molecule is CC=CCCc1ccc(-c2ccc(CCC3CC=C(c4ccc(CCCCCC)c(F)c4F)CC3)nc2)cc1. The van der Waals surface area contributed by atoms with Crippen LogP contribution in [0.1, 0.15) is 94.0 Å². The van der Waals surface area contributed by atoms with E-state index >= 15 is 0 Å². The van der Waals surface area contributed by atoms with Gasteiger partial charge in [-0.05, 0) is 99.0 Å². The van der Waals surface area contributed by atoms with E-state index in [1.54, 1.807) is 12.1 Å². The van der Waals surface area contributed by atoms with Crippen molar-refractivity contribution < 1.29 is 8.78 Å². The molecule has 1 aromatic heterocycles. The van der Waals surface area contributed by atoms with E-state index in [0.29, 0.717) is 23.5 Å². The summed E-state index contributed by atoms with van der Waals surface area (Å²) in [6.07, 6.45) is 20.1. The summed E-state index contributed by atoms with van der Waals surface area (Å²) >= 11 is 0. The molecule has 2 aromatic carbocycles. The van der Waals surface area contributed by atoms with Crippen LogP contribution in [-0.2, 0) is 19.3 Å². The van der Waals surface area contributed by atoms with Crippen LogP contribution in [0.5, 0.6) is 0 Å². The molecule has 1 nitrogen and oxygen atoms in total. The Morgan fingerprint density at radius 1 is 0.872 bits per heavy atom. The second-order valence-electron chi connectivity index (χ2n) is 11.0. The zero-order valence-corrected chi connectivity index (χ0v) is 23.7. The monoisotopic (exact) mass is 527 g/mol. The fraction of sp³-hybridized carbons (Fsp3) is 0.417. The van der Waals surface area contributed by atoms with E-state index in [1.165, 1.54) is 11.1 Å². The molecular weight excluding hydrogens is 484 g/mol. The Labute approximate surface area is 234 Å². The molecule has 0 spiro atoms. The Bertz CT molecular complexity index is 1240. The van der Waals surface area contributed by atoms with Crippen LogP contribution < -0.4 is 0 Å². The second kappa shape index (κ2) is 14.9. The number of rotatable bonds is 13. The van der Waals surface area contributed by atoms with E-state index in [2.05, 4.69) is 68.5 Å². The minimum Gasteiger partial charge on any atom is -0.261 e. The first-order chi connectivity index (χ1) is 19.1. The van der Waals surface area contributed by atoms with Crippen LogP contribution >= 0.6 is 0 Å². The van der Waals surface area contributed by atoms with Gasteiger partial charge in [-0.1, -0.05) is 86.9 Å². The summed E-state index contributed by atoms with van der Waals surface area (Å²) < 4.78 is 29.6. The molecule has 1 unspecified atom stereocenters. The van der Waals surface area contributed by atoms with Gasteiger partial charge in [0.15, 0.2) is 11.6 Å². The van der Waals surface area contributed by atoms with Gasteiger partial charge in [0.05, 0.1) is 0 Å². The Balaban J connectivity index is 1.27. The van der Waals surface area contributed by atoms with Gasteiger partial charge in [-0.15, -0.1) is 0 Å². The molecule has 39 heavy (non-hydrogen) atoms. The number of halogens is 2. The summed E-state index contributed by atoms with van der Waals surface area (Å²) in [5.74, 6) is -0.766. The largest absolute Gasteiger partial charge is 0.261 e. The van der Waals surface area contributed by atoms with Crippen molar-refractivity contribution in [1.29, 1.82) is 0 Å². The van der Waals surface area contributed by atoms with Gasteiger partial charge in [-0.25, -0.2) is 8.78 Å². The summed E-state index contributed by atoms with van der Waals surface area (Å²) in [6.45, 7) is 4.21. The lowest BCUT2D eigenvalue weighted by atomic mass is 9.83. The molecule has 1 heterocycles. The summed E-state index contributed by atoms with van der Waals surface area (Å²) in [7, 11) is 0. The number of hydrogen-bond acceptors (Lipinski definition) is 1. The average molecular weight is 528 g/mol. The fourth-order valence-corrected chi connectivity index (χ4v) is 5.54. The highest BCUT2D eigenvalue weighted by Crippen LogP contribution is 2.35. The van der Waals surface area contributed by atoms with Gasteiger partial charge in [-0.3, -0.25) is 4.98 Å². The summed E-state index contributed by atoms with van der Waals surface area (Å²) in [6, 6.07) is 16.7. The molecule has 1 aliphatic carbocycles. The molecule has 3 aromatic rings. The van der Waals surface area contributed by atoms with E-state index in [-0.39, 0.29) is 0 Å². The number of hydrogen-bond donors (Lipinski definition) is 0. The number of aryl methyl sites for hydroxylation is 3. The van der Waals surface area contributed by atoms with Gasteiger partial charge in [0.1, 0.15) is 0 Å². The maximum Gasteiger partial charge on any atom is 0.166 e. The molecule has 0 saturated carbocycles. The van der Waals surface area contributed by atoms with E-state index in [9.17, 15) is 8.78 Å². The molecule has 0 bridgehead atoms. The maximum atomic E-state index is 14.9. The van der Waals surface area contributed by atoms with Crippen molar-refractivity contribution in [2.24, 2.45) is 5.92 Å². The molecule has 0 radical (unpaired) electrons. The van der Waals surface area contributed by atoms with Crippen LogP contribution in [0.3, 0.4) is 0 Å². The van der Waals surface area contributed by atoms with E-state index < -0.39 is 11.6 Å². The van der Waals surface area contributed by atoms with Gasteiger partial charge in [0.25, 0.3) is 0 Å². The molecule has 0 saturated heterocycles. The number of aromatic nitrogens is 1. The van der Waals surface area contributed by atoms with Crippen molar-refractivity contribution in [3.05, 3.63) is 107 Å². The van der Waals surface area contributed by atoms with Crippen molar-refractivity contribution in [3.63, 3.8) is 0 Å².